The molecule has 3 N–H and O–H groups in total. The topological polar surface area (TPSA) is 86.9 Å². The fourth-order valence-corrected chi connectivity index (χ4v) is 2.14. The van der Waals surface area contributed by atoms with Crippen molar-refractivity contribution in [2.45, 2.75) is 6.42 Å². The lowest BCUT2D eigenvalue weighted by atomic mass is 10.1. The summed E-state index contributed by atoms with van der Waals surface area (Å²) in [5.41, 5.74) is 7.17. The zero-order valence-corrected chi connectivity index (χ0v) is 10.8. The number of benzene rings is 1. The van der Waals surface area contributed by atoms with Gasteiger partial charge < -0.3 is 20.6 Å². The summed E-state index contributed by atoms with van der Waals surface area (Å²) in [5, 5.41) is 9.01. The first-order valence-corrected chi connectivity index (χ1v) is 6.11. The van der Waals surface area contributed by atoms with E-state index >= 15 is 0 Å². The number of carbonyl (C=O) groups is 2. The highest BCUT2D eigenvalue weighted by atomic mass is 16.4. The van der Waals surface area contributed by atoms with E-state index in [1.165, 1.54) is 12.1 Å². The average Bonchev–Trinajstić information content (AvgIpc) is 2.52. The van der Waals surface area contributed by atoms with Gasteiger partial charge in [0.05, 0.1) is 23.5 Å². The second-order valence-electron chi connectivity index (χ2n) is 4.67. The number of nitrogens with zero attached hydrogens (tertiary/aromatic N) is 2. The van der Waals surface area contributed by atoms with E-state index in [1.807, 2.05) is 4.90 Å². The van der Waals surface area contributed by atoms with Crippen LogP contribution in [0.1, 0.15) is 16.8 Å². The monoisotopic (exact) mass is 263 g/mol. The van der Waals surface area contributed by atoms with Crippen molar-refractivity contribution in [3.05, 3.63) is 23.8 Å². The van der Waals surface area contributed by atoms with Crippen LogP contribution in [0.4, 0.5) is 11.4 Å². The Balaban J connectivity index is 2.32. The van der Waals surface area contributed by atoms with Gasteiger partial charge in [-0.2, -0.15) is 0 Å². The first-order valence-electron chi connectivity index (χ1n) is 6.11. The number of likely N-dealkylation sites (N-methyl/N-ethyl adjacent to an activating group) is 1. The normalized spacial score (nSPS) is 16.4. The van der Waals surface area contributed by atoms with Gasteiger partial charge in [0, 0.05) is 20.1 Å². The van der Waals surface area contributed by atoms with Crippen LogP contribution in [0.5, 0.6) is 0 Å². The Morgan fingerprint density at radius 2 is 2.11 bits per heavy atom. The first kappa shape index (κ1) is 13.2. The quantitative estimate of drug-likeness (QED) is 0.764. The molecular weight excluding hydrogens is 246 g/mol. The highest BCUT2D eigenvalue weighted by Crippen LogP contribution is 2.25. The molecule has 6 heteroatoms. The summed E-state index contributed by atoms with van der Waals surface area (Å²) < 4.78 is 0. The molecule has 0 atom stereocenters. The van der Waals surface area contributed by atoms with Crippen molar-refractivity contribution in [2.24, 2.45) is 0 Å². The molecule has 1 heterocycles. The Labute approximate surface area is 111 Å². The number of aromatic carboxylic acids is 1. The van der Waals surface area contributed by atoms with E-state index in [0.29, 0.717) is 24.5 Å². The lowest BCUT2D eigenvalue weighted by Gasteiger charge is -2.23. The number of hydrogen-bond donors (Lipinski definition) is 2. The van der Waals surface area contributed by atoms with Crippen molar-refractivity contribution in [3.8, 4) is 0 Å². The van der Waals surface area contributed by atoms with Gasteiger partial charge in [0.25, 0.3) is 0 Å². The molecule has 1 aliphatic heterocycles. The van der Waals surface area contributed by atoms with Crippen molar-refractivity contribution in [1.82, 2.24) is 4.90 Å². The second kappa shape index (κ2) is 5.17. The summed E-state index contributed by atoms with van der Waals surface area (Å²) in [7, 11) is 1.77. The van der Waals surface area contributed by atoms with E-state index in [-0.39, 0.29) is 18.0 Å². The summed E-state index contributed by atoms with van der Waals surface area (Å²) in [5.74, 6) is -0.989. The fraction of sp³-hybridized carbons (Fsp3) is 0.385. The Hall–Kier alpha value is -2.24. The van der Waals surface area contributed by atoms with Crippen LogP contribution in [0.15, 0.2) is 18.2 Å². The van der Waals surface area contributed by atoms with Gasteiger partial charge in [0.15, 0.2) is 0 Å². The number of carboxylic acids is 1. The fourth-order valence-electron chi connectivity index (χ4n) is 2.14. The maximum atomic E-state index is 11.9. The van der Waals surface area contributed by atoms with Gasteiger partial charge in [-0.1, -0.05) is 0 Å². The molecule has 19 heavy (non-hydrogen) atoms. The Bertz CT molecular complexity index is 516. The van der Waals surface area contributed by atoms with Crippen molar-refractivity contribution >= 4 is 23.3 Å². The molecular formula is C13H17N3O3. The predicted molar refractivity (Wildman–Crippen MR) is 72.3 cm³/mol. The van der Waals surface area contributed by atoms with Crippen molar-refractivity contribution < 1.29 is 14.7 Å². The van der Waals surface area contributed by atoms with Crippen LogP contribution in [0.25, 0.3) is 0 Å². The van der Waals surface area contributed by atoms with Crippen LogP contribution in [0.3, 0.4) is 0 Å². The second-order valence-corrected chi connectivity index (χ2v) is 4.67. The third kappa shape index (κ3) is 2.78. The summed E-state index contributed by atoms with van der Waals surface area (Å²) in [6.45, 7) is 1.61. The third-order valence-electron chi connectivity index (χ3n) is 3.29. The lowest BCUT2D eigenvalue weighted by molar-refractivity contribution is -0.127. The van der Waals surface area contributed by atoms with Crippen LogP contribution in [-0.2, 0) is 4.79 Å². The predicted octanol–water partition coefficient (Wildman–Crippen LogP) is 0.635. The van der Waals surface area contributed by atoms with E-state index in [4.69, 9.17) is 10.8 Å². The van der Waals surface area contributed by atoms with Gasteiger partial charge in [-0.15, -0.1) is 0 Å². The standard InChI is InChI=1S/C13H17N3O3/c1-15-5-2-6-16(8-12(15)17)11-7-9(13(18)19)3-4-10(11)14/h3-4,7H,2,5-6,8,14H2,1H3,(H,18,19). The number of carbonyl (C=O) groups excluding carboxylic acids is 1. The maximum absolute atomic E-state index is 11.9. The van der Waals surface area contributed by atoms with E-state index in [9.17, 15) is 9.59 Å². The van der Waals surface area contributed by atoms with Crippen molar-refractivity contribution in [3.63, 3.8) is 0 Å². The Morgan fingerprint density at radius 1 is 1.37 bits per heavy atom. The highest BCUT2D eigenvalue weighted by Gasteiger charge is 2.21. The van der Waals surface area contributed by atoms with Gasteiger partial charge in [-0.3, -0.25) is 4.79 Å². The molecule has 6 nitrogen and oxygen atoms in total. The summed E-state index contributed by atoms with van der Waals surface area (Å²) in [6.07, 6.45) is 0.832. The molecule has 0 bridgehead atoms. The number of hydrogen-bond acceptors (Lipinski definition) is 4. The van der Waals surface area contributed by atoms with E-state index in [0.717, 1.165) is 6.42 Å². The number of carboxylic acid groups (broad SMARTS) is 1. The van der Waals surface area contributed by atoms with Crippen molar-refractivity contribution in [2.75, 3.05) is 37.3 Å². The van der Waals surface area contributed by atoms with Crippen LogP contribution in [0, 0.1) is 0 Å². The molecule has 0 saturated carbocycles. The number of nitrogen functional groups attached to an aromatic ring is 1. The zero-order chi connectivity index (χ0) is 14.0. The first-order chi connectivity index (χ1) is 8.99. The third-order valence-corrected chi connectivity index (χ3v) is 3.29. The molecule has 0 spiro atoms. The lowest BCUT2D eigenvalue weighted by Crippen LogP contribution is -2.34. The SMILES string of the molecule is CN1CCCN(c2cc(C(=O)O)ccc2N)CC1=O. The minimum atomic E-state index is -1.00. The minimum Gasteiger partial charge on any atom is -0.478 e. The van der Waals surface area contributed by atoms with E-state index < -0.39 is 5.97 Å². The van der Waals surface area contributed by atoms with Crippen LogP contribution < -0.4 is 10.6 Å². The van der Waals surface area contributed by atoms with Crippen LogP contribution >= 0.6 is 0 Å². The summed E-state index contributed by atoms with van der Waals surface area (Å²) in [4.78, 5) is 26.4. The van der Waals surface area contributed by atoms with Crippen molar-refractivity contribution in [1.29, 1.82) is 0 Å². The molecule has 0 radical (unpaired) electrons. The molecule has 102 valence electrons. The van der Waals surface area contributed by atoms with Gasteiger partial charge in [-0.25, -0.2) is 4.79 Å². The van der Waals surface area contributed by atoms with Gasteiger partial charge >= 0.3 is 5.97 Å². The summed E-state index contributed by atoms with van der Waals surface area (Å²) >= 11 is 0. The number of nitrogens with two attached hydrogens (primary N) is 1. The molecule has 0 aromatic heterocycles. The van der Waals surface area contributed by atoms with Gasteiger partial charge in [0.1, 0.15) is 0 Å². The molecule has 2 rings (SSSR count). The average molecular weight is 263 g/mol. The van der Waals surface area contributed by atoms with Crippen LogP contribution in [0.2, 0.25) is 0 Å². The molecule has 0 aliphatic carbocycles. The van der Waals surface area contributed by atoms with Gasteiger partial charge in [-0.05, 0) is 24.6 Å². The highest BCUT2D eigenvalue weighted by molar-refractivity contribution is 5.91. The largest absolute Gasteiger partial charge is 0.478 e. The zero-order valence-electron chi connectivity index (χ0n) is 10.8. The maximum Gasteiger partial charge on any atom is 0.335 e. The van der Waals surface area contributed by atoms with E-state index in [2.05, 4.69) is 0 Å². The molecule has 1 aromatic carbocycles. The number of amides is 1. The number of rotatable bonds is 2. The number of anilines is 2. The molecule has 1 aromatic rings. The van der Waals surface area contributed by atoms with E-state index in [1.54, 1.807) is 18.0 Å². The molecule has 0 unspecified atom stereocenters. The summed E-state index contributed by atoms with van der Waals surface area (Å²) in [6, 6.07) is 4.56. The molecule has 1 fully saturated rings. The molecule has 1 amide bonds. The van der Waals surface area contributed by atoms with Crippen LogP contribution in [-0.4, -0.2) is 48.6 Å². The Kier molecular flexibility index (Phi) is 3.59. The Morgan fingerprint density at radius 3 is 2.79 bits per heavy atom. The molecule has 1 aliphatic rings. The smallest absolute Gasteiger partial charge is 0.335 e. The minimum absolute atomic E-state index is 0.0117. The van der Waals surface area contributed by atoms with Gasteiger partial charge in [0.2, 0.25) is 5.91 Å². The molecule has 1 saturated heterocycles.